The lowest BCUT2D eigenvalue weighted by atomic mass is 9.57. The molecule has 0 aliphatic carbocycles. The van der Waals surface area contributed by atoms with Crippen LogP contribution in [0.3, 0.4) is 0 Å². The molecular formula is C7H17B. The van der Waals surface area contributed by atoms with Crippen LogP contribution in [0.4, 0.5) is 0 Å². The maximum absolute atomic E-state index is 2.31. The van der Waals surface area contributed by atoms with Crippen LogP contribution in [0.5, 0.6) is 0 Å². The molecule has 0 saturated heterocycles. The Morgan fingerprint density at radius 2 is 1.62 bits per heavy atom. The molecule has 0 spiro atoms. The Hall–Kier alpha value is 0.0649. The van der Waals surface area contributed by atoms with E-state index in [-0.39, 0.29) is 0 Å². The lowest BCUT2D eigenvalue weighted by Crippen LogP contribution is -2.15. The van der Waals surface area contributed by atoms with E-state index in [0.717, 1.165) is 5.82 Å². The molecule has 0 aliphatic heterocycles. The highest BCUT2D eigenvalue weighted by molar-refractivity contribution is 6.35. The summed E-state index contributed by atoms with van der Waals surface area (Å²) in [6.07, 6.45) is 0. The zero-order chi connectivity index (χ0) is 6.78. The molecule has 0 fully saturated rings. The Balaban J connectivity index is 3.62. The third kappa shape index (κ3) is 2.39. The number of hydrogen-bond acceptors (Lipinski definition) is 0. The van der Waals surface area contributed by atoms with Crippen LogP contribution in [0.15, 0.2) is 0 Å². The lowest BCUT2D eigenvalue weighted by molar-refractivity contribution is 0.395. The van der Waals surface area contributed by atoms with Crippen molar-refractivity contribution in [3.8, 4) is 0 Å². The standard InChI is InChI=1S/C7H17B/c1-6(8-5)7(2,3)4/h6,8H,1-5H3. The second-order valence-electron chi connectivity index (χ2n) is 3.68. The van der Waals surface area contributed by atoms with Gasteiger partial charge in [-0.2, -0.15) is 0 Å². The minimum atomic E-state index is 0.509. The molecule has 0 saturated carbocycles. The van der Waals surface area contributed by atoms with E-state index in [1.807, 2.05) is 0 Å². The van der Waals surface area contributed by atoms with Gasteiger partial charge in [0.15, 0.2) is 0 Å². The summed E-state index contributed by atoms with van der Waals surface area (Å²) in [5.41, 5.74) is 0.509. The molecule has 1 heteroatoms. The van der Waals surface area contributed by atoms with Crippen molar-refractivity contribution in [2.24, 2.45) is 5.41 Å². The third-order valence-corrected chi connectivity index (χ3v) is 2.09. The van der Waals surface area contributed by atoms with E-state index in [2.05, 4.69) is 34.5 Å². The van der Waals surface area contributed by atoms with Gasteiger partial charge < -0.3 is 0 Å². The van der Waals surface area contributed by atoms with E-state index in [4.69, 9.17) is 0 Å². The van der Waals surface area contributed by atoms with Crippen LogP contribution in [0.25, 0.3) is 0 Å². The molecule has 0 aromatic carbocycles. The van der Waals surface area contributed by atoms with Gasteiger partial charge >= 0.3 is 0 Å². The summed E-state index contributed by atoms with van der Waals surface area (Å²) in [4.78, 5) is 0. The van der Waals surface area contributed by atoms with Crippen LogP contribution in [-0.2, 0) is 0 Å². The molecule has 0 N–H and O–H groups in total. The first-order valence-electron chi connectivity index (χ1n) is 3.48. The second kappa shape index (κ2) is 2.57. The van der Waals surface area contributed by atoms with Crippen LogP contribution >= 0.6 is 0 Å². The maximum atomic E-state index is 2.31. The highest BCUT2D eigenvalue weighted by atomic mass is 14.2. The smallest absolute Gasteiger partial charge is 0.0891 e. The fraction of sp³-hybridized carbons (Fsp3) is 1.00. The van der Waals surface area contributed by atoms with Crippen molar-refractivity contribution >= 4 is 7.28 Å². The summed E-state index contributed by atoms with van der Waals surface area (Å²) in [6, 6.07) is 0. The molecule has 0 rings (SSSR count). The van der Waals surface area contributed by atoms with Crippen molar-refractivity contribution in [2.45, 2.75) is 40.3 Å². The Morgan fingerprint density at radius 3 is 1.62 bits per heavy atom. The first kappa shape index (κ1) is 8.06. The molecule has 1 unspecified atom stereocenters. The Morgan fingerprint density at radius 1 is 1.25 bits per heavy atom. The summed E-state index contributed by atoms with van der Waals surface area (Å²) in [7, 11) is 1.30. The van der Waals surface area contributed by atoms with Crippen LogP contribution in [0.1, 0.15) is 27.7 Å². The van der Waals surface area contributed by atoms with Gasteiger partial charge in [0, 0.05) is 0 Å². The van der Waals surface area contributed by atoms with Crippen LogP contribution < -0.4 is 0 Å². The first-order chi connectivity index (χ1) is 3.48. The quantitative estimate of drug-likeness (QED) is 0.456. The minimum absolute atomic E-state index is 0.509. The molecular weight excluding hydrogens is 94.9 g/mol. The van der Waals surface area contributed by atoms with Gasteiger partial charge in [0.05, 0.1) is 0 Å². The van der Waals surface area contributed by atoms with Crippen LogP contribution in [0, 0.1) is 5.41 Å². The zero-order valence-electron chi connectivity index (χ0n) is 6.78. The molecule has 0 aromatic rings. The van der Waals surface area contributed by atoms with Crippen LogP contribution in [-0.4, -0.2) is 7.28 Å². The van der Waals surface area contributed by atoms with Gasteiger partial charge in [-0.15, -0.1) is 0 Å². The summed E-state index contributed by atoms with van der Waals surface area (Å²) in [5.74, 6) is 0.850. The van der Waals surface area contributed by atoms with Crippen LogP contribution in [0.2, 0.25) is 12.6 Å². The molecule has 0 aliphatic rings. The summed E-state index contributed by atoms with van der Waals surface area (Å²) in [5, 5.41) is 0. The topological polar surface area (TPSA) is 0 Å². The van der Waals surface area contributed by atoms with Gasteiger partial charge in [0.1, 0.15) is 7.28 Å². The summed E-state index contributed by atoms with van der Waals surface area (Å²) < 4.78 is 0. The normalized spacial score (nSPS) is 15.6. The van der Waals surface area contributed by atoms with Gasteiger partial charge in [-0.25, -0.2) is 0 Å². The monoisotopic (exact) mass is 112 g/mol. The average molecular weight is 112 g/mol. The molecule has 0 amide bonds. The van der Waals surface area contributed by atoms with Gasteiger partial charge in [-0.3, -0.25) is 0 Å². The van der Waals surface area contributed by atoms with E-state index < -0.39 is 0 Å². The van der Waals surface area contributed by atoms with Gasteiger partial charge in [-0.05, 0) is 5.41 Å². The van der Waals surface area contributed by atoms with Gasteiger partial charge in [-0.1, -0.05) is 40.3 Å². The Labute approximate surface area is 53.9 Å². The van der Waals surface area contributed by atoms with Gasteiger partial charge in [0.25, 0.3) is 0 Å². The fourth-order valence-electron chi connectivity index (χ4n) is 0.612. The fourth-order valence-corrected chi connectivity index (χ4v) is 0.612. The first-order valence-corrected chi connectivity index (χ1v) is 3.48. The number of hydrogen-bond donors (Lipinski definition) is 0. The predicted molar refractivity (Wildman–Crippen MR) is 41.9 cm³/mol. The zero-order valence-corrected chi connectivity index (χ0v) is 6.78. The van der Waals surface area contributed by atoms with E-state index in [1.54, 1.807) is 0 Å². The molecule has 48 valence electrons. The highest BCUT2D eigenvalue weighted by Gasteiger charge is 2.17. The molecule has 0 radical (unpaired) electrons. The van der Waals surface area contributed by atoms with Crippen molar-refractivity contribution < 1.29 is 0 Å². The second-order valence-corrected chi connectivity index (χ2v) is 3.68. The van der Waals surface area contributed by atoms with Gasteiger partial charge in [0.2, 0.25) is 0 Å². The maximum Gasteiger partial charge on any atom is 0.121 e. The van der Waals surface area contributed by atoms with E-state index in [9.17, 15) is 0 Å². The SMILES string of the molecule is CBC(C)C(C)(C)C. The molecule has 0 bridgehead atoms. The van der Waals surface area contributed by atoms with E-state index >= 15 is 0 Å². The summed E-state index contributed by atoms with van der Waals surface area (Å²) in [6.45, 7) is 11.4. The van der Waals surface area contributed by atoms with Crippen molar-refractivity contribution in [2.75, 3.05) is 0 Å². The highest BCUT2D eigenvalue weighted by Crippen LogP contribution is 2.28. The minimum Gasteiger partial charge on any atom is -0.0891 e. The summed E-state index contributed by atoms with van der Waals surface area (Å²) >= 11 is 0. The Bertz CT molecular complexity index is 61.3. The number of rotatable bonds is 1. The molecule has 0 nitrogen and oxygen atoms in total. The predicted octanol–water partition coefficient (Wildman–Crippen LogP) is 2.33. The molecule has 0 aromatic heterocycles. The van der Waals surface area contributed by atoms with Crippen molar-refractivity contribution in [1.82, 2.24) is 0 Å². The molecule has 8 heavy (non-hydrogen) atoms. The van der Waals surface area contributed by atoms with E-state index in [1.165, 1.54) is 7.28 Å². The Kier molecular flexibility index (Phi) is 2.59. The average Bonchev–Trinajstić information content (AvgIpc) is 1.62. The third-order valence-electron chi connectivity index (χ3n) is 2.09. The van der Waals surface area contributed by atoms with Crippen molar-refractivity contribution in [3.05, 3.63) is 0 Å². The largest absolute Gasteiger partial charge is 0.121 e. The lowest BCUT2D eigenvalue weighted by Gasteiger charge is -2.25. The molecule has 1 atom stereocenters. The van der Waals surface area contributed by atoms with E-state index in [0.29, 0.717) is 5.41 Å². The van der Waals surface area contributed by atoms with Crippen molar-refractivity contribution in [1.29, 1.82) is 0 Å². The van der Waals surface area contributed by atoms with Crippen molar-refractivity contribution in [3.63, 3.8) is 0 Å². The molecule has 0 heterocycles.